The third-order valence-corrected chi connectivity index (χ3v) is 3.25. The van der Waals surface area contributed by atoms with Crippen LogP contribution in [-0.4, -0.2) is 10.9 Å². The van der Waals surface area contributed by atoms with Gasteiger partial charge in [-0.1, -0.05) is 12.1 Å². The Balaban J connectivity index is 1.76. The van der Waals surface area contributed by atoms with Crippen LogP contribution >= 0.6 is 0 Å². The van der Waals surface area contributed by atoms with Crippen molar-refractivity contribution in [3.05, 3.63) is 84.1 Å². The summed E-state index contributed by atoms with van der Waals surface area (Å²) in [5.74, 6) is -1.07. The summed E-state index contributed by atoms with van der Waals surface area (Å²) in [7, 11) is 0. The zero-order chi connectivity index (χ0) is 16.2. The predicted octanol–water partition coefficient (Wildman–Crippen LogP) is 4.28. The van der Waals surface area contributed by atoms with E-state index in [9.17, 15) is 13.6 Å². The lowest BCUT2D eigenvalue weighted by Crippen LogP contribution is -2.12. The molecule has 5 heteroatoms. The number of benzene rings is 2. The minimum atomic E-state index is -0.371. The molecule has 1 heterocycles. The second-order valence-electron chi connectivity index (χ2n) is 4.90. The van der Waals surface area contributed by atoms with Crippen molar-refractivity contribution < 1.29 is 13.6 Å². The van der Waals surface area contributed by atoms with Crippen molar-refractivity contribution in [2.24, 2.45) is 0 Å². The lowest BCUT2D eigenvalue weighted by molar-refractivity contribution is 0.102. The maximum absolute atomic E-state index is 13.2. The normalized spacial score (nSPS) is 10.3. The molecule has 0 radical (unpaired) electrons. The highest BCUT2D eigenvalue weighted by Crippen LogP contribution is 2.18. The number of amides is 1. The lowest BCUT2D eigenvalue weighted by Gasteiger charge is -2.06. The molecular weight excluding hydrogens is 298 g/mol. The molecule has 3 aromatic rings. The van der Waals surface area contributed by atoms with Gasteiger partial charge in [-0.2, -0.15) is 0 Å². The first kappa shape index (κ1) is 14.8. The summed E-state index contributed by atoms with van der Waals surface area (Å²) in [6, 6.07) is 14.8. The van der Waals surface area contributed by atoms with Crippen molar-refractivity contribution in [1.29, 1.82) is 0 Å². The van der Waals surface area contributed by atoms with Crippen LogP contribution in [0.15, 0.2) is 66.9 Å². The molecule has 0 atom stereocenters. The molecule has 0 spiro atoms. The van der Waals surface area contributed by atoms with Gasteiger partial charge in [0.2, 0.25) is 0 Å². The quantitative estimate of drug-likeness (QED) is 0.784. The second kappa shape index (κ2) is 6.36. The Labute approximate surface area is 131 Å². The molecule has 0 aliphatic rings. The van der Waals surface area contributed by atoms with Crippen LogP contribution in [0.4, 0.5) is 14.5 Å². The van der Waals surface area contributed by atoms with Crippen LogP contribution < -0.4 is 5.32 Å². The van der Waals surface area contributed by atoms with Crippen LogP contribution in [-0.2, 0) is 0 Å². The van der Waals surface area contributed by atoms with Crippen molar-refractivity contribution in [2.75, 3.05) is 5.32 Å². The highest BCUT2D eigenvalue weighted by atomic mass is 19.1. The van der Waals surface area contributed by atoms with Crippen LogP contribution in [0.3, 0.4) is 0 Å². The molecule has 3 rings (SSSR count). The second-order valence-corrected chi connectivity index (χ2v) is 4.90. The zero-order valence-electron chi connectivity index (χ0n) is 12.0. The van der Waals surface area contributed by atoms with E-state index < -0.39 is 0 Å². The third-order valence-electron chi connectivity index (χ3n) is 3.25. The van der Waals surface area contributed by atoms with E-state index in [1.807, 2.05) is 0 Å². The molecule has 0 aliphatic heterocycles. The maximum Gasteiger partial charge on any atom is 0.257 e. The Kier molecular flexibility index (Phi) is 4.10. The molecule has 0 unspecified atom stereocenters. The van der Waals surface area contributed by atoms with E-state index in [2.05, 4.69) is 10.3 Å². The molecule has 3 nitrogen and oxygen atoms in total. The van der Waals surface area contributed by atoms with E-state index in [0.29, 0.717) is 22.5 Å². The predicted molar refractivity (Wildman–Crippen MR) is 84.0 cm³/mol. The van der Waals surface area contributed by atoms with Crippen molar-refractivity contribution in [1.82, 2.24) is 4.98 Å². The maximum atomic E-state index is 13.2. The van der Waals surface area contributed by atoms with Gasteiger partial charge in [-0.25, -0.2) is 8.78 Å². The van der Waals surface area contributed by atoms with E-state index in [-0.39, 0.29) is 17.5 Å². The van der Waals surface area contributed by atoms with Crippen LogP contribution in [0.1, 0.15) is 10.4 Å². The summed E-state index contributed by atoms with van der Waals surface area (Å²) in [5.41, 5.74) is 2.05. The van der Waals surface area contributed by atoms with Crippen LogP contribution in [0.25, 0.3) is 11.3 Å². The Hall–Kier alpha value is -3.08. The number of anilines is 1. The number of carbonyl (C=O) groups is 1. The van der Waals surface area contributed by atoms with Gasteiger partial charge in [0.05, 0.1) is 11.3 Å². The van der Waals surface area contributed by atoms with Crippen molar-refractivity contribution in [3.63, 3.8) is 0 Å². The summed E-state index contributed by atoms with van der Waals surface area (Å²) in [6.45, 7) is 0. The molecule has 1 aromatic heterocycles. The van der Waals surface area contributed by atoms with Gasteiger partial charge in [-0.3, -0.25) is 9.78 Å². The summed E-state index contributed by atoms with van der Waals surface area (Å²) >= 11 is 0. The van der Waals surface area contributed by atoms with Crippen LogP contribution in [0.5, 0.6) is 0 Å². The fraction of sp³-hybridized carbons (Fsp3) is 0. The van der Waals surface area contributed by atoms with Gasteiger partial charge < -0.3 is 5.32 Å². The van der Waals surface area contributed by atoms with Crippen molar-refractivity contribution in [2.45, 2.75) is 0 Å². The molecule has 23 heavy (non-hydrogen) atoms. The molecule has 0 saturated carbocycles. The number of aromatic nitrogens is 1. The monoisotopic (exact) mass is 310 g/mol. The van der Waals surface area contributed by atoms with Gasteiger partial charge in [-0.05, 0) is 48.5 Å². The Morgan fingerprint density at radius 2 is 1.70 bits per heavy atom. The minimum Gasteiger partial charge on any atom is -0.322 e. The first-order valence-electron chi connectivity index (χ1n) is 6.91. The lowest BCUT2D eigenvalue weighted by atomic mass is 10.1. The molecule has 0 aliphatic carbocycles. The first-order chi connectivity index (χ1) is 11.1. The fourth-order valence-corrected chi connectivity index (χ4v) is 2.08. The number of pyridine rings is 1. The number of nitrogens with one attached hydrogen (secondary N) is 1. The standard InChI is InChI=1S/C18H12F2N2O/c19-14-5-7-16(8-6-14)22-18(23)13-4-9-17(21-11-13)12-2-1-3-15(20)10-12/h1-11H,(H,22,23). The first-order valence-corrected chi connectivity index (χ1v) is 6.91. The molecule has 0 saturated heterocycles. The largest absolute Gasteiger partial charge is 0.322 e. The SMILES string of the molecule is O=C(Nc1ccc(F)cc1)c1ccc(-c2cccc(F)c2)nc1. The van der Waals surface area contributed by atoms with E-state index in [1.165, 1.54) is 42.6 Å². The molecular formula is C18H12F2N2O. The van der Waals surface area contributed by atoms with Gasteiger partial charge >= 0.3 is 0 Å². The molecule has 0 fully saturated rings. The molecule has 1 amide bonds. The highest BCUT2D eigenvalue weighted by molar-refractivity contribution is 6.04. The fourth-order valence-electron chi connectivity index (χ4n) is 2.08. The van der Waals surface area contributed by atoms with Crippen molar-refractivity contribution >= 4 is 11.6 Å². The Morgan fingerprint density at radius 3 is 2.35 bits per heavy atom. The number of rotatable bonds is 3. The van der Waals surface area contributed by atoms with Gasteiger partial charge in [-0.15, -0.1) is 0 Å². The highest BCUT2D eigenvalue weighted by Gasteiger charge is 2.08. The van der Waals surface area contributed by atoms with Crippen molar-refractivity contribution in [3.8, 4) is 11.3 Å². The van der Waals surface area contributed by atoms with E-state index in [0.717, 1.165) is 0 Å². The average Bonchev–Trinajstić information content (AvgIpc) is 2.57. The molecule has 2 aromatic carbocycles. The van der Waals surface area contributed by atoms with Gasteiger partial charge in [0, 0.05) is 17.4 Å². The Morgan fingerprint density at radius 1 is 0.913 bits per heavy atom. The topological polar surface area (TPSA) is 42.0 Å². The van der Waals surface area contributed by atoms with Crippen LogP contribution in [0, 0.1) is 11.6 Å². The van der Waals surface area contributed by atoms with Gasteiger partial charge in [0.25, 0.3) is 5.91 Å². The zero-order valence-corrected chi connectivity index (χ0v) is 12.0. The number of hydrogen-bond donors (Lipinski definition) is 1. The summed E-state index contributed by atoms with van der Waals surface area (Å²) < 4.78 is 26.0. The summed E-state index contributed by atoms with van der Waals surface area (Å²) in [6.07, 6.45) is 1.42. The minimum absolute atomic E-state index is 0.345. The summed E-state index contributed by atoms with van der Waals surface area (Å²) in [5, 5.41) is 2.65. The third kappa shape index (κ3) is 3.58. The number of halogens is 2. The van der Waals surface area contributed by atoms with E-state index in [1.54, 1.807) is 24.3 Å². The van der Waals surface area contributed by atoms with E-state index >= 15 is 0 Å². The van der Waals surface area contributed by atoms with Gasteiger partial charge in [0.15, 0.2) is 0 Å². The summed E-state index contributed by atoms with van der Waals surface area (Å²) in [4.78, 5) is 16.3. The molecule has 0 bridgehead atoms. The van der Waals surface area contributed by atoms with Gasteiger partial charge in [0.1, 0.15) is 11.6 Å². The molecule has 114 valence electrons. The van der Waals surface area contributed by atoms with Crippen LogP contribution in [0.2, 0.25) is 0 Å². The Bertz CT molecular complexity index is 830. The number of carbonyl (C=O) groups excluding carboxylic acids is 1. The number of nitrogens with zero attached hydrogens (tertiary/aromatic N) is 1. The smallest absolute Gasteiger partial charge is 0.257 e. The molecule has 1 N–H and O–H groups in total. The average molecular weight is 310 g/mol. The number of hydrogen-bond acceptors (Lipinski definition) is 2. The van der Waals surface area contributed by atoms with E-state index in [4.69, 9.17) is 0 Å².